The second kappa shape index (κ2) is 5.44. The summed E-state index contributed by atoms with van der Waals surface area (Å²) in [6, 6.07) is 7.15. The summed E-state index contributed by atoms with van der Waals surface area (Å²) in [4.78, 5) is 0.381. The molecule has 0 amide bonds. The van der Waals surface area contributed by atoms with Crippen LogP contribution in [0.25, 0.3) is 0 Å². The third-order valence-corrected chi connectivity index (χ3v) is 5.75. The molecule has 2 heterocycles. The number of fused-ring (bicyclic) bond motifs is 2. The van der Waals surface area contributed by atoms with E-state index in [2.05, 4.69) is 5.32 Å². The molecule has 20 heavy (non-hydrogen) atoms. The number of sulfonamides is 1. The fourth-order valence-corrected chi connectivity index (χ4v) is 4.52. The maximum atomic E-state index is 12.7. The first kappa shape index (κ1) is 14.0. The minimum atomic E-state index is -3.40. The molecule has 0 saturated carbocycles. The number of ether oxygens (including phenoxy) is 1. The van der Waals surface area contributed by atoms with Crippen molar-refractivity contribution in [3.8, 4) is 0 Å². The molecular formula is C14H20N2O3S. The Balaban J connectivity index is 1.86. The summed E-state index contributed by atoms with van der Waals surface area (Å²) in [5.74, 6) is 0. The first-order valence-corrected chi connectivity index (χ1v) is 8.43. The van der Waals surface area contributed by atoms with Crippen molar-refractivity contribution in [2.45, 2.75) is 36.5 Å². The van der Waals surface area contributed by atoms with E-state index in [0.29, 0.717) is 24.5 Å². The third kappa shape index (κ3) is 2.61. The van der Waals surface area contributed by atoms with Crippen LogP contribution in [0.15, 0.2) is 29.2 Å². The lowest BCUT2D eigenvalue weighted by atomic mass is 10.2. The van der Waals surface area contributed by atoms with E-state index >= 15 is 0 Å². The van der Waals surface area contributed by atoms with Crippen molar-refractivity contribution in [1.29, 1.82) is 0 Å². The second-order valence-electron chi connectivity index (χ2n) is 5.46. The molecule has 0 spiro atoms. The number of nitrogens with one attached hydrogen (secondary N) is 1. The Morgan fingerprint density at radius 2 is 2.00 bits per heavy atom. The van der Waals surface area contributed by atoms with Crippen molar-refractivity contribution in [3.63, 3.8) is 0 Å². The lowest BCUT2D eigenvalue weighted by Crippen LogP contribution is -2.45. The Hall–Kier alpha value is -0.950. The third-order valence-electron chi connectivity index (χ3n) is 3.93. The average molecular weight is 296 g/mol. The van der Waals surface area contributed by atoms with Crippen LogP contribution in [-0.4, -0.2) is 45.1 Å². The van der Waals surface area contributed by atoms with Gasteiger partial charge in [0.25, 0.3) is 0 Å². The summed E-state index contributed by atoms with van der Waals surface area (Å²) in [7, 11) is -1.56. The molecule has 5 nitrogen and oxygen atoms in total. The van der Waals surface area contributed by atoms with E-state index in [9.17, 15) is 8.42 Å². The van der Waals surface area contributed by atoms with Gasteiger partial charge in [0, 0.05) is 19.6 Å². The van der Waals surface area contributed by atoms with Crippen LogP contribution in [0.2, 0.25) is 0 Å². The number of hydrogen-bond donors (Lipinski definition) is 1. The first-order chi connectivity index (χ1) is 9.59. The molecular weight excluding hydrogens is 276 g/mol. The van der Waals surface area contributed by atoms with Crippen LogP contribution in [0.4, 0.5) is 0 Å². The number of benzene rings is 1. The number of morpholine rings is 1. The van der Waals surface area contributed by atoms with E-state index in [0.717, 1.165) is 18.4 Å². The van der Waals surface area contributed by atoms with Crippen molar-refractivity contribution in [2.24, 2.45) is 0 Å². The van der Waals surface area contributed by atoms with Gasteiger partial charge >= 0.3 is 0 Å². The summed E-state index contributed by atoms with van der Waals surface area (Å²) in [5.41, 5.74) is 0.977. The van der Waals surface area contributed by atoms with Crippen molar-refractivity contribution in [3.05, 3.63) is 29.8 Å². The van der Waals surface area contributed by atoms with Gasteiger partial charge < -0.3 is 10.1 Å². The maximum Gasteiger partial charge on any atom is 0.243 e. The lowest BCUT2D eigenvalue weighted by molar-refractivity contribution is -0.0114. The topological polar surface area (TPSA) is 58.6 Å². The molecule has 2 saturated heterocycles. The molecule has 6 heteroatoms. The van der Waals surface area contributed by atoms with Crippen molar-refractivity contribution in [1.82, 2.24) is 9.62 Å². The van der Waals surface area contributed by atoms with Crippen LogP contribution in [0.5, 0.6) is 0 Å². The van der Waals surface area contributed by atoms with Crippen LogP contribution < -0.4 is 5.32 Å². The quantitative estimate of drug-likeness (QED) is 0.899. The van der Waals surface area contributed by atoms with E-state index in [1.54, 1.807) is 22.5 Å². The minimum Gasteiger partial charge on any atom is -0.372 e. The van der Waals surface area contributed by atoms with Crippen molar-refractivity contribution in [2.75, 3.05) is 20.1 Å². The highest BCUT2D eigenvalue weighted by atomic mass is 32.2. The normalized spacial score (nSPS) is 26.9. The monoisotopic (exact) mass is 296 g/mol. The molecule has 2 bridgehead atoms. The van der Waals surface area contributed by atoms with Gasteiger partial charge in [-0.2, -0.15) is 4.31 Å². The summed E-state index contributed by atoms with van der Waals surface area (Å²) >= 11 is 0. The molecule has 2 aliphatic rings. The van der Waals surface area contributed by atoms with Crippen molar-refractivity contribution >= 4 is 10.0 Å². The van der Waals surface area contributed by atoms with Gasteiger partial charge in [0.2, 0.25) is 10.0 Å². The van der Waals surface area contributed by atoms with Crippen LogP contribution in [0.1, 0.15) is 18.4 Å². The zero-order valence-electron chi connectivity index (χ0n) is 11.6. The van der Waals surface area contributed by atoms with Crippen LogP contribution in [0, 0.1) is 0 Å². The Morgan fingerprint density at radius 3 is 2.65 bits per heavy atom. The summed E-state index contributed by atoms with van der Waals surface area (Å²) in [5, 5.41) is 3.04. The van der Waals surface area contributed by atoms with Gasteiger partial charge in [-0.15, -0.1) is 0 Å². The summed E-state index contributed by atoms with van der Waals surface area (Å²) in [6.45, 7) is 1.63. The Kier molecular flexibility index (Phi) is 3.81. The van der Waals surface area contributed by atoms with Crippen LogP contribution in [0.3, 0.4) is 0 Å². The maximum absolute atomic E-state index is 12.7. The van der Waals surface area contributed by atoms with E-state index < -0.39 is 10.0 Å². The van der Waals surface area contributed by atoms with Crippen molar-refractivity contribution < 1.29 is 13.2 Å². The Morgan fingerprint density at radius 1 is 1.30 bits per heavy atom. The van der Waals surface area contributed by atoms with Gasteiger partial charge in [-0.05, 0) is 37.6 Å². The standard InChI is InChI=1S/C14H20N2O3S/c1-15-8-11-3-2-4-14(7-11)20(17,18)16-9-12-5-6-13(10-16)19-12/h2-4,7,12-13,15H,5-6,8-10H2,1H3. The molecule has 3 rings (SSSR count). The Labute approximate surface area is 120 Å². The van der Waals surface area contributed by atoms with Crippen LogP contribution >= 0.6 is 0 Å². The highest BCUT2D eigenvalue weighted by molar-refractivity contribution is 7.89. The van der Waals surface area contributed by atoms with Crippen LogP contribution in [-0.2, 0) is 21.3 Å². The predicted octanol–water partition coefficient (Wildman–Crippen LogP) is 0.958. The molecule has 0 aromatic heterocycles. The van der Waals surface area contributed by atoms with Gasteiger partial charge in [-0.1, -0.05) is 12.1 Å². The SMILES string of the molecule is CNCc1cccc(S(=O)(=O)N2CC3CCC(C2)O3)c1. The minimum absolute atomic E-state index is 0.0732. The van der Waals surface area contributed by atoms with Gasteiger partial charge in [0.05, 0.1) is 17.1 Å². The predicted molar refractivity (Wildman–Crippen MR) is 75.9 cm³/mol. The number of hydrogen-bond acceptors (Lipinski definition) is 4. The van der Waals surface area contributed by atoms with Gasteiger partial charge in [-0.3, -0.25) is 0 Å². The molecule has 2 fully saturated rings. The highest BCUT2D eigenvalue weighted by Gasteiger charge is 2.39. The highest BCUT2D eigenvalue weighted by Crippen LogP contribution is 2.30. The van der Waals surface area contributed by atoms with E-state index in [4.69, 9.17) is 4.74 Å². The largest absolute Gasteiger partial charge is 0.372 e. The number of nitrogens with zero attached hydrogens (tertiary/aromatic N) is 1. The molecule has 110 valence electrons. The van der Waals surface area contributed by atoms with E-state index in [-0.39, 0.29) is 12.2 Å². The van der Waals surface area contributed by atoms with Gasteiger partial charge in [0.15, 0.2) is 0 Å². The molecule has 1 aromatic carbocycles. The molecule has 0 radical (unpaired) electrons. The Bertz CT molecular complexity index is 576. The smallest absolute Gasteiger partial charge is 0.243 e. The molecule has 2 unspecified atom stereocenters. The molecule has 1 aromatic rings. The zero-order chi connectivity index (χ0) is 14.2. The fourth-order valence-electron chi connectivity index (χ4n) is 2.94. The summed E-state index contributed by atoms with van der Waals surface area (Å²) < 4.78 is 32.7. The zero-order valence-corrected chi connectivity index (χ0v) is 12.4. The number of rotatable bonds is 4. The van der Waals surface area contributed by atoms with E-state index in [1.807, 2.05) is 13.1 Å². The second-order valence-corrected chi connectivity index (χ2v) is 7.40. The molecule has 2 aliphatic heterocycles. The van der Waals surface area contributed by atoms with Gasteiger partial charge in [-0.25, -0.2) is 8.42 Å². The average Bonchev–Trinajstić information content (AvgIpc) is 2.78. The van der Waals surface area contributed by atoms with Gasteiger partial charge in [0.1, 0.15) is 0 Å². The molecule has 0 aliphatic carbocycles. The first-order valence-electron chi connectivity index (χ1n) is 6.99. The lowest BCUT2D eigenvalue weighted by Gasteiger charge is -2.31. The molecule has 1 N–H and O–H groups in total. The molecule has 2 atom stereocenters. The van der Waals surface area contributed by atoms with E-state index in [1.165, 1.54) is 0 Å². The fraction of sp³-hybridized carbons (Fsp3) is 0.571. The summed E-state index contributed by atoms with van der Waals surface area (Å²) in [6.07, 6.45) is 2.08.